The Morgan fingerprint density at radius 1 is 1.10 bits per heavy atom. The standard InChI is InChI=1S/C26H26O5/c1-15-5-7-19(8-6-15)9-10-24(27)31-22-12-16(2)11-21-13-20(26(28)30-21)14-23-25(22)17(3)18(4)29-23/h5-10,12-13,21-23,25H,3-4,11,14H2,1-2H3/b10-9+,16-12+/t21-,22-,23?,25+/m1/s1. The monoisotopic (exact) mass is 418 g/mol. The topological polar surface area (TPSA) is 61.8 Å². The number of ether oxygens (including phenoxy) is 3. The number of aryl methyl sites for hydroxylation is 1. The minimum absolute atomic E-state index is 0.305. The molecule has 0 amide bonds. The van der Waals surface area contributed by atoms with Gasteiger partial charge in [-0.25, -0.2) is 9.59 Å². The van der Waals surface area contributed by atoms with Gasteiger partial charge in [-0.15, -0.1) is 0 Å². The zero-order valence-corrected chi connectivity index (χ0v) is 17.8. The van der Waals surface area contributed by atoms with E-state index in [1.807, 2.05) is 50.3 Å². The highest BCUT2D eigenvalue weighted by atomic mass is 16.6. The maximum absolute atomic E-state index is 12.7. The van der Waals surface area contributed by atoms with Crippen molar-refractivity contribution in [3.63, 3.8) is 0 Å². The van der Waals surface area contributed by atoms with Crippen molar-refractivity contribution >= 4 is 18.0 Å². The number of esters is 2. The van der Waals surface area contributed by atoms with Gasteiger partial charge in [0.25, 0.3) is 0 Å². The van der Waals surface area contributed by atoms with E-state index in [2.05, 4.69) is 13.2 Å². The van der Waals surface area contributed by atoms with E-state index in [0.29, 0.717) is 29.7 Å². The molecule has 0 radical (unpaired) electrons. The zero-order valence-electron chi connectivity index (χ0n) is 17.8. The van der Waals surface area contributed by atoms with Gasteiger partial charge in [-0.1, -0.05) is 48.6 Å². The molecule has 3 aliphatic rings. The molecule has 5 heteroatoms. The van der Waals surface area contributed by atoms with Crippen LogP contribution in [-0.2, 0) is 23.8 Å². The average Bonchev–Trinajstić information content (AvgIpc) is 3.18. The summed E-state index contributed by atoms with van der Waals surface area (Å²) in [4.78, 5) is 24.9. The number of allylic oxidation sites excluding steroid dienone is 1. The summed E-state index contributed by atoms with van der Waals surface area (Å²) in [6.45, 7) is 12.0. The Kier molecular flexibility index (Phi) is 5.68. The van der Waals surface area contributed by atoms with Crippen LogP contribution < -0.4 is 0 Å². The van der Waals surface area contributed by atoms with Crippen LogP contribution in [0.1, 0.15) is 30.9 Å². The lowest BCUT2D eigenvalue weighted by Gasteiger charge is -2.26. The van der Waals surface area contributed by atoms with Crippen molar-refractivity contribution in [3.05, 3.63) is 89.3 Å². The molecule has 1 fully saturated rings. The first-order valence-electron chi connectivity index (χ1n) is 10.4. The van der Waals surface area contributed by atoms with E-state index in [0.717, 1.165) is 16.7 Å². The Labute approximate surface area is 182 Å². The molecule has 5 nitrogen and oxygen atoms in total. The highest BCUT2D eigenvalue weighted by Crippen LogP contribution is 2.41. The van der Waals surface area contributed by atoms with Gasteiger partial charge >= 0.3 is 11.9 Å². The summed E-state index contributed by atoms with van der Waals surface area (Å²) >= 11 is 0. The molecule has 1 aliphatic carbocycles. The van der Waals surface area contributed by atoms with E-state index in [-0.39, 0.29) is 18.0 Å². The molecule has 2 aliphatic heterocycles. The smallest absolute Gasteiger partial charge is 0.334 e. The number of rotatable bonds is 3. The number of benzene rings is 1. The third-order valence-corrected chi connectivity index (χ3v) is 5.85. The summed E-state index contributed by atoms with van der Waals surface area (Å²) in [7, 11) is 0. The highest BCUT2D eigenvalue weighted by molar-refractivity contribution is 5.91. The Morgan fingerprint density at radius 3 is 2.58 bits per heavy atom. The van der Waals surface area contributed by atoms with E-state index in [4.69, 9.17) is 14.2 Å². The lowest BCUT2D eigenvalue weighted by atomic mass is 9.85. The maximum atomic E-state index is 12.7. The van der Waals surface area contributed by atoms with Gasteiger partial charge in [0.1, 0.15) is 24.1 Å². The van der Waals surface area contributed by atoms with Crippen molar-refractivity contribution in [2.75, 3.05) is 0 Å². The van der Waals surface area contributed by atoms with Gasteiger partial charge < -0.3 is 14.2 Å². The van der Waals surface area contributed by atoms with Gasteiger partial charge in [0.2, 0.25) is 0 Å². The van der Waals surface area contributed by atoms with Gasteiger partial charge in [0.15, 0.2) is 0 Å². The zero-order chi connectivity index (χ0) is 22.1. The highest BCUT2D eigenvalue weighted by Gasteiger charge is 2.44. The largest absolute Gasteiger partial charge is 0.490 e. The van der Waals surface area contributed by atoms with Gasteiger partial charge in [-0.2, -0.15) is 0 Å². The molecule has 1 saturated heterocycles. The third kappa shape index (κ3) is 4.55. The lowest BCUT2D eigenvalue weighted by Crippen LogP contribution is -2.32. The SMILES string of the molecule is C=C1OC2CC3=C[C@@H](C/C(C)=C/[C@@H](OC(=O)/C=C/c4ccc(C)cc4)[C@@H]2C1=C)OC3=O. The fourth-order valence-electron chi connectivity index (χ4n) is 4.22. The molecule has 1 aromatic rings. The number of carbonyl (C=O) groups is 2. The number of hydrogen-bond donors (Lipinski definition) is 0. The summed E-state index contributed by atoms with van der Waals surface area (Å²) in [5, 5.41) is 0. The van der Waals surface area contributed by atoms with Crippen LogP contribution in [0.15, 0.2) is 78.1 Å². The second-order valence-electron chi connectivity index (χ2n) is 8.33. The molecule has 1 unspecified atom stereocenters. The number of fused-ring (bicyclic) bond motifs is 2. The average molecular weight is 418 g/mol. The summed E-state index contributed by atoms with van der Waals surface area (Å²) in [6.07, 6.45) is 6.54. The summed E-state index contributed by atoms with van der Waals surface area (Å²) in [6, 6.07) is 7.86. The van der Waals surface area contributed by atoms with Gasteiger partial charge in [0.05, 0.1) is 5.92 Å². The van der Waals surface area contributed by atoms with Crippen molar-refractivity contribution in [2.24, 2.45) is 5.92 Å². The molecule has 31 heavy (non-hydrogen) atoms. The van der Waals surface area contributed by atoms with Crippen molar-refractivity contribution in [1.82, 2.24) is 0 Å². The van der Waals surface area contributed by atoms with E-state index >= 15 is 0 Å². The van der Waals surface area contributed by atoms with Crippen LogP contribution in [0.3, 0.4) is 0 Å². The minimum Gasteiger partial charge on any atom is -0.490 e. The van der Waals surface area contributed by atoms with E-state index in [1.54, 1.807) is 6.08 Å². The molecule has 2 heterocycles. The van der Waals surface area contributed by atoms with Crippen LogP contribution in [0.5, 0.6) is 0 Å². The Balaban J connectivity index is 1.59. The molecule has 0 spiro atoms. The Bertz CT molecular complexity index is 1020. The van der Waals surface area contributed by atoms with Crippen LogP contribution in [0.2, 0.25) is 0 Å². The van der Waals surface area contributed by atoms with Crippen LogP contribution in [-0.4, -0.2) is 30.3 Å². The van der Waals surface area contributed by atoms with Gasteiger partial charge in [-0.3, -0.25) is 0 Å². The van der Waals surface area contributed by atoms with E-state index in [1.165, 1.54) is 6.08 Å². The van der Waals surface area contributed by atoms with Crippen LogP contribution in [0.4, 0.5) is 0 Å². The third-order valence-electron chi connectivity index (χ3n) is 5.85. The van der Waals surface area contributed by atoms with Gasteiger partial charge in [-0.05, 0) is 43.2 Å². The van der Waals surface area contributed by atoms with Crippen molar-refractivity contribution in [1.29, 1.82) is 0 Å². The molecule has 4 atom stereocenters. The van der Waals surface area contributed by atoms with Crippen molar-refractivity contribution in [2.45, 2.75) is 45.0 Å². The van der Waals surface area contributed by atoms with E-state index in [9.17, 15) is 9.59 Å². The summed E-state index contributed by atoms with van der Waals surface area (Å²) in [5.74, 6) is -0.643. The fraction of sp³-hybridized carbons (Fsp3) is 0.308. The molecular weight excluding hydrogens is 392 g/mol. The summed E-state index contributed by atoms with van der Waals surface area (Å²) < 4.78 is 17.2. The van der Waals surface area contributed by atoms with E-state index < -0.39 is 18.2 Å². The van der Waals surface area contributed by atoms with Crippen molar-refractivity contribution in [3.8, 4) is 0 Å². The van der Waals surface area contributed by atoms with Crippen molar-refractivity contribution < 1.29 is 23.8 Å². The van der Waals surface area contributed by atoms with Crippen LogP contribution >= 0.6 is 0 Å². The molecule has 160 valence electrons. The maximum Gasteiger partial charge on any atom is 0.334 e. The molecule has 0 N–H and O–H groups in total. The molecule has 1 aromatic carbocycles. The molecule has 0 aromatic heterocycles. The van der Waals surface area contributed by atoms with Crippen LogP contribution in [0, 0.1) is 12.8 Å². The predicted molar refractivity (Wildman–Crippen MR) is 118 cm³/mol. The summed E-state index contributed by atoms with van der Waals surface area (Å²) in [5.41, 5.74) is 4.29. The lowest BCUT2D eigenvalue weighted by molar-refractivity contribution is -0.143. The number of hydrogen-bond acceptors (Lipinski definition) is 5. The minimum atomic E-state index is -0.583. The molecule has 2 bridgehead atoms. The molecular formula is C26H26O5. The predicted octanol–water partition coefficient (Wildman–Crippen LogP) is 4.60. The fourth-order valence-corrected chi connectivity index (χ4v) is 4.22. The molecule has 4 rings (SSSR count). The first-order chi connectivity index (χ1) is 14.8. The first kappa shape index (κ1) is 20.9. The normalized spacial score (nSPS) is 29.5. The van der Waals surface area contributed by atoms with Gasteiger partial charge in [0, 0.05) is 24.5 Å². The first-order valence-corrected chi connectivity index (χ1v) is 10.4. The van der Waals surface area contributed by atoms with Crippen LogP contribution in [0.25, 0.3) is 6.08 Å². The quantitative estimate of drug-likeness (QED) is 0.408. The second-order valence-corrected chi connectivity index (χ2v) is 8.33. The molecule has 0 saturated carbocycles. The number of carbonyl (C=O) groups excluding carboxylic acids is 2. The Hall–Kier alpha value is -3.34. The Morgan fingerprint density at radius 2 is 1.84 bits per heavy atom. The second kappa shape index (κ2) is 8.42.